The van der Waals surface area contributed by atoms with E-state index in [0.29, 0.717) is 0 Å². The molecule has 18 heavy (non-hydrogen) atoms. The number of phenolic OH excluding ortho intramolecular Hbond substituents is 2. The van der Waals surface area contributed by atoms with Crippen LogP contribution in [0.1, 0.15) is 44.6 Å². The van der Waals surface area contributed by atoms with E-state index in [-0.39, 0.29) is 11.5 Å². The fourth-order valence-corrected chi connectivity index (χ4v) is 2.80. The van der Waals surface area contributed by atoms with Crippen LogP contribution < -0.4 is 0 Å². The van der Waals surface area contributed by atoms with E-state index in [2.05, 4.69) is 6.92 Å². The summed E-state index contributed by atoms with van der Waals surface area (Å²) >= 11 is 2.02. The third-order valence-electron chi connectivity index (χ3n) is 2.94. The average Bonchev–Trinajstić information content (AvgIpc) is 2.37. The van der Waals surface area contributed by atoms with Crippen molar-refractivity contribution in [2.75, 3.05) is 11.5 Å². The summed E-state index contributed by atoms with van der Waals surface area (Å²) in [6, 6.07) is 5.09. The third kappa shape index (κ3) is 6.20. The molecule has 0 heterocycles. The van der Waals surface area contributed by atoms with Crippen molar-refractivity contribution >= 4 is 11.8 Å². The minimum atomic E-state index is -0.0379. The molecular formula is C15H24O2S. The molecule has 0 amide bonds. The Morgan fingerprint density at radius 1 is 0.944 bits per heavy atom. The van der Waals surface area contributed by atoms with Crippen molar-refractivity contribution in [3.05, 3.63) is 23.8 Å². The fourth-order valence-electron chi connectivity index (χ4n) is 1.84. The van der Waals surface area contributed by atoms with E-state index in [1.54, 1.807) is 12.1 Å². The summed E-state index contributed by atoms with van der Waals surface area (Å²) in [5.41, 5.74) is 1.09. The van der Waals surface area contributed by atoms with Crippen molar-refractivity contribution in [1.29, 1.82) is 0 Å². The first-order valence-electron chi connectivity index (χ1n) is 6.82. The summed E-state index contributed by atoms with van der Waals surface area (Å²) in [4.78, 5) is 0. The molecule has 2 N–H and O–H groups in total. The Morgan fingerprint density at radius 2 is 1.72 bits per heavy atom. The van der Waals surface area contributed by atoms with E-state index in [0.717, 1.165) is 18.4 Å². The van der Waals surface area contributed by atoms with Crippen LogP contribution in [0.5, 0.6) is 11.5 Å². The number of unbranched alkanes of at least 4 members (excludes halogenated alkanes) is 3. The lowest BCUT2D eigenvalue weighted by Gasteiger charge is -2.04. The van der Waals surface area contributed by atoms with Crippen LogP contribution in [0.25, 0.3) is 0 Å². The molecular weight excluding hydrogens is 244 g/mol. The molecule has 0 aliphatic heterocycles. The first-order chi connectivity index (χ1) is 8.74. The van der Waals surface area contributed by atoms with Gasteiger partial charge in [-0.1, -0.05) is 32.3 Å². The Morgan fingerprint density at radius 3 is 2.44 bits per heavy atom. The number of hydrogen-bond donors (Lipinski definition) is 2. The van der Waals surface area contributed by atoms with Crippen molar-refractivity contribution in [3.63, 3.8) is 0 Å². The van der Waals surface area contributed by atoms with Crippen LogP contribution in [0.3, 0.4) is 0 Å². The smallest absolute Gasteiger partial charge is 0.157 e. The average molecular weight is 268 g/mol. The van der Waals surface area contributed by atoms with Gasteiger partial charge in [0.2, 0.25) is 0 Å². The van der Waals surface area contributed by atoms with Crippen molar-refractivity contribution < 1.29 is 10.2 Å². The highest BCUT2D eigenvalue weighted by molar-refractivity contribution is 7.99. The van der Waals surface area contributed by atoms with E-state index in [1.807, 2.05) is 17.8 Å². The number of rotatable bonds is 9. The van der Waals surface area contributed by atoms with Crippen LogP contribution in [0, 0.1) is 0 Å². The summed E-state index contributed by atoms with van der Waals surface area (Å²) < 4.78 is 0. The van der Waals surface area contributed by atoms with Gasteiger partial charge in [0, 0.05) is 0 Å². The first kappa shape index (κ1) is 15.2. The van der Waals surface area contributed by atoms with E-state index < -0.39 is 0 Å². The standard InChI is InChI=1S/C15H24O2S/c1-2-3-4-5-10-18-11-6-7-13-8-9-14(16)15(17)12-13/h8-9,12,16-17H,2-7,10-11H2,1H3. The van der Waals surface area contributed by atoms with Crippen LogP contribution in [0.15, 0.2) is 18.2 Å². The van der Waals surface area contributed by atoms with E-state index >= 15 is 0 Å². The summed E-state index contributed by atoms with van der Waals surface area (Å²) in [5, 5.41) is 18.6. The zero-order valence-corrected chi connectivity index (χ0v) is 12.0. The molecule has 0 atom stereocenters. The minimum Gasteiger partial charge on any atom is -0.504 e. The highest BCUT2D eigenvalue weighted by atomic mass is 32.2. The number of benzene rings is 1. The summed E-state index contributed by atoms with van der Waals surface area (Å²) in [5.74, 6) is 2.39. The molecule has 0 aliphatic rings. The van der Waals surface area contributed by atoms with Crippen molar-refractivity contribution in [3.8, 4) is 11.5 Å². The highest BCUT2D eigenvalue weighted by Gasteiger charge is 2.00. The molecule has 2 nitrogen and oxygen atoms in total. The van der Waals surface area contributed by atoms with Gasteiger partial charge >= 0.3 is 0 Å². The van der Waals surface area contributed by atoms with Gasteiger partial charge in [-0.3, -0.25) is 0 Å². The number of aryl methyl sites for hydroxylation is 1. The Labute approximate surface area is 114 Å². The summed E-state index contributed by atoms with van der Waals surface area (Å²) in [7, 11) is 0. The Bertz CT molecular complexity index is 339. The van der Waals surface area contributed by atoms with Crippen LogP contribution in [-0.4, -0.2) is 21.7 Å². The second-order valence-corrected chi connectivity index (χ2v) is 5.82. The number of phenols is 2. The lowest BCUT2D eigenvalue weighted by atomic mass is 10.1. The van der Waals surface area contributed by atoms with Crippen LogP contribution >= 0.6 is 11.8 Å². The second kappa shape index (κ2) is 9.15. The largest absolute Gasteiger partial charge is 0.504 e. The number of thioether (sulfide) groups is 1. The molecule has 0 saturated carbocycles. The predicted octanol–water partition coefficient (Wildman–Crippen LogP) is 4.34. The first-order valence-corrected chi connectivity index (χ1v) is 7.98. The molecule has 102 valence electrons. The topological polar surface area (TPSA) is 40.5 Å². The second-order valence-electron chi connectivity index (χ2n) is 4.60. The SMILES string of the molecule is CCCCCCSCCCc1ccc(O)c(O)c1. The van der Waals surface area contributed by atoms with Gasteiger partial charge < -0.3 is 10.2 Å². The van der Waals surface area contributed by atoms with Gasteiger partial charge in [0.1, 0.15) is 0 Å². The van der Waals surface area contributed by atoms with Gasteiger partial charge in [0.05, 0.1) is 0 Å². The molecule has 1 aromatic rings. The van der Waals surface area contributed by atoms with Gasteiger partial charge in [-0.15, -0.1) is 0 Å². The molecule has 0 unspecified atom stereocenters. The van der Waals surface area contributed by atoms with Gasteiger partial charge in [0.15, 0.2) is 11.5 Å². The molecule has 1 aromatic carbocycles. The van der Waals surface area contributed by atoms with E-state index in [9.17, 15) is 10.2 Å². The molecule has 0 aromatic heterocycles. The van der Waals surface area contributed by atoms with Crippen LogP contribution in [0.2, 0.25) is 0 Å². The van der Waals surface area contributed by atoms with E-state index in [4.69, 9.17) is 0 Å². The molecule has 0 aliphatic carbocycles. The lowest BCUT2D eigenvalue weighted by Crippen LogP contribution is -1.89. The zero-order valence-electron chi connectivity index (χ0n) is 11.2. The fraction of sp³-hybridized carbons (Fsp3) is 0.600. The molecule has 0 radical (unpaired) electrons. The monoisotopic (exact) mass is 268 g/mol. The molecule has 0 fully saturated rings. The molecule has 3 heteroatoms. The molecule has 1 rings (SSSR count). The Balaban J connectivity index is 2.05. The van der Waals surface area contributed by atoms with Crippen molar-refractivity contribution in [1.82, 2.24) is 0 Å². The Hall–Kier alpha value is -0.830. The highest BCUT2D eigenvalue weighted by Crippen LogP contribution is 2.25. The van der Waals surface area contributed by atoms with Gasteiger partial charge in [-0.25, -0.2) is 0 Å². The predicted molar refractivity (Wildman–Crippen MR) is 79.6 cm³/mol. The normalized spacial score (nSPS) is 10.7. The van der Waals surface area contributed by atoms with Gasteiger partial charge in [-0.2, -0.15) is 11.8 Å². The molecule has 0 saturated heterocycles. The number of hydrogen-bond acceptors (Lipinski definition) is 3. The van der Waals surface area contributed by atoms with Gasteiger partial charge in [-0.05, 0) is 48.5 Å². The maximum Gasteiger partial charge on any atom is 0.157 e. The Kier molecular flexibility index (Phi) is 7.74. The van der Waals surface area contributed by atoms with Crippen LogP contribution in [-0.2, 0) is 6.42 Å². The lowest BCUT2D eigenvalue weighted by molar-refractivity contribution is 0.403. The molecule has 0 bridgehead atoms. The number of aromatic hydroxyl groups is 2. The van der Waals surface area contributed by atoms with Gasteiger partial charge in [0.25, 0.3) is 0 Å². The van der Waals surface area contributed by atoms with E-state index in [1.165, 1.54) is 37.2 Å². The minimum absolute atomic E-state index is 0.0141. The summed E-state index contributed by atoms with van der Waals surface area (Å²) in [6.45, 7) is 2.24. The molecule has 0 spiro atoms. The maximum absolute atomic E-state index is 9.37. The van der Waals surface area contributed by atoms with Crippen molar-refractivity contribution in [2.45, 2.75) is 45.4 Å². The van der Waals surface area contributed by atoms with Crippen molar-refractivity contribution in [2.24, 2.45) is 0 Å². The zero-order chi connectivity index (χ0) is 13.2. The van der Waals surface area contributed by atoms with Crippen LogP contribution in [0.4, 0.5) is 0 Å². The quantitative estimate of drug-likeness (QED) is 0.517. The maximum atomic E-state index is 9.37. The summed E-state index contributed by atoms with van der Waals surface area (Å²) in [6.07, 6.45) is 7.44. The third-order valence-corrected chi connectivity index (χ3v) is 4.09.